The number of hydroxylamine groups is 2. The average Bonchev–Trinajstić information content (AvgIpc) is 1.85. The summed E-state index contributed by atoms with van der Waals surface area (Å²) in [5.74, 6) is 0. The van der Waals surface area contributed by atoms with Crippen LogP contribution in [0, 0.1) is 5.21 Å². The standard InChI is InChI=1S/C4H10N2O2P/c5-2-1-3-6(7)4-9-8/h1-5H2/q-1. The molecule has 9 heavy (non-hydrogen) atoms. The fourth-order valence-corrected chi connectivity index (χ4v) is 0.673. The Kier molecular flexibility index (Phi) is 6.09. The maximum atomic E-state index is 10.5. The molecule has 0 heterocycles. The first-order chi connectivity index (χ1) is 4.31. The molecular formula is C4H10N2O2P-. The van der Waals surface area contributed by atoms with Crippen molar-refractivity contribution in [1.29, 1.82) is 0 Å². The molecule has 4 nitrogen and oxygen atoms in total. The zero-order valence-electron chi connectivity index (χ0n) is 5.12. The number of hydrogen-bond acceptors (Lipinski definition) is 4. The molecule has 0 aromatic heterocycles. The first-order valence-corrected chi connectivity index (χ1v) is 3.72. The van der Waals surface area contributed by atoms with E-state index in [9.17, 15) is 9.77 Å². The van der Waals surface area contributed by atoms with Crippen LogP contribution in [0.15, 0.2) is 0 Å². The van der Waals surface area contributed by atoms with Crippen LogP contribution in [-0.2, 0) is 4.57 Å². The van der Waals surface area contributed by atoms with Gasteiger partial charge in [0.15, 0.2) is 8.46 Å². The predicted octanol–water partition coefficient (Wildman–Crippen LogP) is 0.384. The van der Waals surface area contributed by atoms with E-state index < -0.39 is 0 Å². The van der Waals surface area contributed by atoms with Gasteiger partial charge in [-0.25, -0.2) is 0 Å². The van der Waals surface area contributed by atoms with Crippen LogP contribution in [0.5, 0.6) is 0 Å². The van der Waals surface area contributed by atoms with Gasteiger partial charge in [0, 0.05) is 0 Å². The maximum Gasteiger partial charge on any atom is 0.170 e. The zero-order chi connectivity index (χ0) is 7.11. The molecule has 2 N–H and O–H groups in total. The fraction of sp³-hybridized carbons (Fsp3) is 1.00. The monoisotopic (exact) mass is 149 g/mol. The lowest BCUT2D eigenvalue weighted by molar-refractivity contribution is 0.426. The molecule has 0 aromatic rings. The van der Waals surface area contributed by atoms with Crippen molar-refractivity contribution >= 4 is 8.46 Å². The Balaban J connectivity index is 3.04. The molecule has 0 aliphatic heterocycles. The molecule has 0 fully saturated rings. The molecule has 0 unspecified atom stereocenters. The van der Waals surface area contributed by atoms with E-state index in [-0.39, 0.29) is 14.7 Å². The third-order valence-corrected chi connectivity index (χ3v) is 1.26. The second kappa shape index (κ2) is 6.11. The SMILES string of the molecule is NCCCN([O-])CP=O. The molecule has 54 valence electrons. The molecule has 0 aromatic carbocycles. The number of hydrogen-bond donors (Lipinski definition) is 1. The Labute approximate surface area is 55.8 Å². The van der Waals surface area contributed by atoms with E-state index in [1.165, 1.54) is 0 Å². The van der Waals surface area contributed by atoms with Crippen LogP contribution in [0.1, 0.15) is 6.42 Å². The topological polar surface area (TPSA) is 69.4 Å². The highest BCUT2D eigenvalue weighted by Gasteiger charge is 1.87. The lowest BCUT2D eigenvalue weighted by atomic mass is 10.4. The quantitative estimate of drug-likeness (QED) is 0.453. The summed E-state index contributed by atoms with van der Waals surface area (Å²) >= 11 is 0. The van der Waals surface area contributed by atoms with E-state index >= 15 is 0 Å². The second-order valence-corrected chi connectivity index (χ2v) is 2.16. The van der Waals surface area contributed by atoms with Crippen LogP contribution in [0.4, 0.5) is 0 Å². The maximum absolute atomic E-state index is 10.5. The van der Waals surface area contributed by atoms with E-state index in [0.29, 0.717) is 19.5 Å². The van der Waals surface area contributed by atoms with Gasteiger partial charge in [0.1, 0.15) is 0 Å². The number of nitrogens with zero attached hydrogens (tertiary/aromatic N) is 1. The molecule has 0 radical (unpaired) electrons. The van der Waals surface area contributed by atoms with Gasteiger partial charge < -0.3 is 16.0 Å². The van der Waals surface area contributed by atoms with Gasteiger partial charge in [-0.05, 0) is 19.5 Å². The Morgan fingerprint density at radius 3 is 2.78 bits per heavy atom. The lowest BCUT2D eigenvalue weighted by Gasteiger charge is -2.23. The van der Waals surface area contributed by atoms with Crippen molar-refractivity contribution in [3.8, 4) is 0 Å². The average molecular weight is 149 g/mol. The summed E-state index contributed by atoms with van der Waals surface area (Å²) in [6.07, 6.45) is 0.721. The van der Waals surface area contributed by atoms with Gasteiger partial charge >= 0.3 is 0 Å². The molecule has 5 heteroatoms. The Morgan fingerprint density at radius 2 is 2.33 bits per heavy atom. The minimum Gasteiger partial charge on any atom is -0.785 e. The van der Waals surface area contributed by atoms with Gasteiger partial charge in [0.25, 0.3) is 0 Å². The minimum absolute atomic E-state index is 0.0556. The van der Waals surface area contributed by atoms with Crippen molar-refractivity contribution in [2.45, 2.75) is 6.42 Å². The van der Waals surface area contributed by atoms with E-state index in [1.54, 1.807) is 0 Å². The fourth-order valence-electron chi connectivity index (χ4n) is 0.403. The van der Waals surface area contributed by atoms with Crippen molar-refractivity contribution in [2.24, 2.45) is 5.73 Å². The first kappa shape index (κ1) is 8.98. The van der Waals surface area contributed by atoms with Gasteiger partial charge in [-0.2, -0.15) is 0 Å². The van der Waals surface area contributed by atoms with Crippen LogP contribution in [0.25, 0.3) is 0 Å². The minimum atomic E-state index is -0.123. The van der Waals surface area contributed by atoms with Crippen LogP contribution in [0.2, 0.25) is 0 Å². The van der Waals surface area contributed by atoms with Crippen LogP contribution in [0.3, 0.4) is 0 Å². The second-order valence-electron chi connectivity index (χ2n) is 1.62. The molecule has 0 rings (SSSR count). The molecule has 0 bridgehead atoms. The van der Waals surface area contributed by atoms with Crippen molar-refractivity contribution < 1.29 is 4.57 Å². The molecular weight excluding hydrogens is 139 g/mol. The van der Waals surface area contributed by atoms with E-state index in [2.05, 4.69) is 0 Å². The Bertz CT molecular complexity index is 81.0. The van der Waals surface area contributed by atoms with Gasteiger partial charge in [0.05, 0.1) is 6.29 Å². The van der Waals surface area contributed by atoms with Crippen LogP contribution in [-0.4, -0.2) is 24.4 Å². The molecule has 0 saturated heterocycles. The third-order valence-electron chi connectivity index (χ3n) is 0.827. The zero-order valence-corrected chi connectivity index (χ0v) is 6.01. The van der Waals surface area contributed by atoms with Crippen LogP contribution >= 0.6 is 8.46 Å². The van der Waals surface area contributed by atoms with E-state index in [0.717, 1.165) is 5.06 Å². The Morgan fingerprint density at radius 1 is 1.67 bits per heavy atom. The molecule has 0 spiro atoms. The molecule has 0 saturated carbocycles. The molecule has 0 aliphatic rings. The summed E-state index contributed by atoms with van der Waals surface area (Å²) in [7, 11) is -0.123. The normalized spacial score (nSPS) is 11.0. The van der Waals surface area contributed by atoms with Crippen molar-refractivity contribution in [2.75, 3.05) is 19.4 Å². The molecule has 0 atom stereocenters. The highest BCUT2D eigenvalue weighted by molar-refractivity contribution is 7.23. The van der Waals surface area contributed by atoms with E-state index in [4.69, 9.17) is 5.73 Å². The van der Waals surface area contributed by atoms with Crippen molar-refractivity contribution in [3.63, 3.8) is 0 Å². The summed E-state index contributed by atoms with van der Waals surface area (Å²) in [5, 5.41) is 11.2. The van der Waals surface area contributed by atoms with Gasteiger partial charge in [0.2, 0.25) is 0 Å². The van der Waals surface area contributed by atoms with Gasteiger partial charge in [-0.15, -0.1) is 0 Å². The number of rotatable bonds is 5. The van der Waals surface area contributed by atoms with Gasteiger partial charge in [-0.1, -0.05) is 0 Å². The summed E-state index contributed by atoms with van der Waals surface area (Å²) in [6, 6.07) is 0. The lowest BCUT2D eigenvalue weighted by Crippen LogP contribution is -2.18. The highest BCUT2D eigenvalue weighted by Crippen LogP contribution is 1.96. The predicted molar refractivity (Wildman–Crippen MR) is 36.2 cm³/mol. The smallest absolute Gasteiger partial charge is 0.170 e. The van der Waals surface area contributed by atoms with E-state index in [1.807, 2.05) is 0 Å². The van der Waals surface area contributed by atoms with Crippen molar-refractivity contribution in [1.82, 2.24) is 5.06 Å². The summed E-state index contributed by atoms with van der Waals surface area (Å²) < 4.78 is 9.80. The van der Waals surface area contributed by atoms with Crippen molar-refractivity contribution in [3.05, 3.63) is 5.21 Å². The van der Waals surface area contributed by atoms with Gasteiger partial charge in [-0.3, -0.25) is 4.57 Å². The largest absolute Gasteiger partial charge is 0.785 e. The number of nitrogens with two attached hydrogens (primary N) is 1. The summed E-state index contributed by atoms with van der Waals surface area (Å²) in [6.45, 7) is 0.889. The third kappa shape index (κ3) is 5.86. The first-order valence-electron chi connectivity index (χ1n) is 2.72. The Hall–Kier alpha value is -0.0200. The summed E-state index contributed by atoms with van der Waals surface area (Å²) in [5.41, 5.74) is 5.13. The molecule has 0 aliphatic carbocycles. The highest BCUT2D eigenvalue weighted by atomic mass is 31.1. The van der Waals surface area contributed by atoms with Crippen LogP contribution < -0.4 is 5.73 Å². The summed E-state index contributed by atoms with van der Waals surface area (Å²) in [4.78, 5) is 0. The molecule has 0 amide bonds.